The molecule has 8 unspecified atom stereocenters. The van der Waals surface area contributed by atoms with E-state index in [9.17, 15) is 56.4 Å². The third-order valence-electron chi connectivity index (χ3n) is 26.1. The number of oxime groups is 3. The van der Waals surface area contributed by atoms with Gasteiger partial charge >= 0.3 is 127 Å². The van der Waals surface area contributed by atoms with Gasteiger partial charge in [-0.05, 0) is 205 Å². The second-order valence-corrected chi connectivity index (χ2v) is 33.8. The topological polar surface area (TPSA) is 426 Å². The van der Waals surface area contributed by atoms with Crippen molar-refractivity contribution < 1.29 is 213 Å². The fourth-order valence-corrected chi connectivity index (χ4v) is 20.8. The zero-order chi connectivity index (χ0) is 96.2. The van der Waals surface area contributed by atoms with E-state index in [4.69, 9.17) is 66.0 Å². The standard InChI is InChI=1S/C26H25N3O3.C23H20F3N3O3.C23H17F3N2O2.C21H21N3O2.C5H4O2.C2H6O.CH2O3.CH4O.2K.H/c27-26(28-30)22-8-3-7-21-24(20-6-1-2-9-23(20)32-25(21)22)16-13-17-10-11-18(14-16)29(17)15-19-5-4-12-31-19;24-23(25,26)22(30)29-13-8-9-14(29)11-12(10-13)19-15-4-1-2-7-18(15)32-20-16(19)5-3-6-17(20)21(27)28-31;24-23(25,26)22(29)28-15-8-9-16(28)11-14(10-15)20-17-5-1-2-7-19(17)30-21-13(12-27)4-3-6-18(20)21;22-21(24-25)17-6-3-5-16-19(12-10-13-8-9-14(11-12)23-13)15-4-1-2-7-18(15)26-20(16)17;6-4-5-2-1-3-7-5;1-2-3;2-1-4-3;1-2;;;/h1-9,12,17-18,30H,10-11,13-15H2,(H2,27,28);1-7,13-14,31H,8-11H2,(H2,27,28);1-7,15-16H,8-11H2;1-7,13-14,23,25H,8-11H2,(H2,22,24);1-4H;3H,2H2,1H3;1,3H;2H,1H3;;;/q;;;;;;;;2*+1;-1/p-1. The van der Waals surface area contributed by atoms with Crippen LogP contribution < -0.4 is 149 Å². The number of para-hydroxylation sites is 8. The van der Waals surface area contributed by atoms with Gasteiger partial charge < -0.3 is 97.5 Å². The Balaban J connectivity index is 0.000000157. The van der Waals surface area contributed by atoms with Gasteiger partial charge in [0.15, 0.2) is 35.3 Å². The maximum atomic E-state index is 13.1. The first kappa shape index (κ1) is 104. The van der Waals surface area contributed by atoms with Crippen LogP contribution in [0.5, 0.6) is 46.0 Å². The Morgan fingerprint density at radius 2 is 0.768 bits per heavy atom. The van der Waals surface area contributed by atoms with Gasteiger partial charge in [-0.2, -0.15) is 31.6 Å². The maximum Gasteiger partial charge on any atom is 1.00 e. The molecule has 22 rings (SSSR count). The number of rotatable bonds is 7. The van der Waals surface area contributed by atoms with Gasteiger partial charge in [0.25, 0.3) is 6.47 Å². The first-order chi connectivity index (χ1) is 65.9. The van der Waals surface area contributed by atoms with Crippen molar-refractivity contribution in [2.24, 2.45) is 32.7 Å². The Bertz CT molecular complexity index is 6340. The number of ether oxygens (including phenoxy) is 4. The van der Waals surface area contributed by atoms with Crippen molar-refractivity contribution in [2.45, 2.75) is 177 Å². The average Bonchev–Trinajstić information content (AvgIpc) is 1.41. The molecule has 8 atom stereocenters. The van der Waals surface area contributed by atoms with Crippen LogP contribution in [-0.4, -0.2) is 157 Å². The number of alkyl halides is 6. The van der Waals surface area contributed by atoms with E-state index >= 15 is 0 Å². The van der Waals surface area contributed by atoms with E-state index in [2.05, 4.69) is 83.5 Å². The van der Waals surface area contributed by atoms with E-state index in [0.29, 0.717) is 144 Å². The monoisotopic (exact) mass is 1940 g/mol. The number of nitriles is 1. The fourth-order valence-electron chi connectivity index (χ4n) is 20.8. The number of aliphatic hydroxyl groups excluding tert-OH is 2. The van der Waals surface area contributed by atoms with Gasteiger partial charge in [0, 0.05) is 107 Å². The number of fused-ring (bicyclic) bond motifs is 16. The van der Waals surface area contributed by atoms with E-state index < -0.39 is 48.3 Å². The number of piperidine rings is 4. The Hall–Kier alpha value is -11.5. The molecule has 2 aromatic heterocycles. The largest absolute Gasteiger partial charge is 1.00 e. The summed E-state index contributed by atoms with van der Waals surface area (Å²) in [6.45, 7) is 2.62. The summed E-state index contributed by atoms with van der Waals surface area (Å²) < 4.78 is 114. The van der Waals surface area contributed by atoms with Crippen LogP contribution in [0.1, 0.15) is 194 Å². The van der Waals surface area contributed by atoms with Crippen LogP contribution in [0.3, 0.4) is 0 Å². The molecule has 12 aliphatic rings. The van der Waals surface area contributed by atoms with Crippen LogP contribution in [0.25, 0.3) is 22.3 Å². The molecule has 12 N–H and O–H groups in total. The number of hydrogen-bond acceptors (Lipinski definition) is 23. The Morgan fingerprint density at radius 1 is 0.464 bits per heavy atom. The van der Waals surface area contributed by atoms with E-state index in [1.807, 2.05) is 109 Å². The number of carbonyl (C=O) groups is 4. The molecule has 8 saturated heterocycles. The van der Waals surface area contributed by atoms with E-state index in [-0.39, 0.29) is 135 Å². The number of amides is 2. The quantitative estimate of drug-likeness (QED) is 0.0105. The number of furan rings is 2. The van der Waals surface area contributed by atoms with Crippen molar-refractivity contribution in [3.05, 3.63) is 307 Å². The van der Waals surface area contributed by atoms with Crippen LogP contribution in [-0.2, 0) is 25.8 Å². The Kier molecular flexibility index (Phi) is 35.0. The predicted molar refractivity (Wildman–Crippen MR) is 489 cm³/mol. The number of nitrogens with one attached hydrogen (secondary N) is 1. The number of amidine groups is 3. The first-order valence-electron chi connectivity index (χ1n) is 44.3. The van der Waals surface area contributed by atoms with Gasteiger partial charge in [-0.1, -0.05) is 159 Å². The normalized spacial score (nSPS) is 20.5. The maximum absolute atomic E-state index is 13.1. The van der Waals surface area contributed by atoms with E-state index in [0.717, 1.165) is 133 Å². The summed E-state index contributed by atoms with van der Waals surface area (Å²) in [7, 11) is 1.00. The minimum atomic E-state index is -4.88. The molecule has 8 fully saturated rings. The first-order valence-corrected chi connectivity index (χ1v) is 44.3. The summed E-state index contributed by atoms with van der Waals surface area (Å²) in [6.07, 6.45) is 6.92. The SMILES string of the molecule is CCO.CO.N#Cc1cccc2c1Oc1ccccc1C2=C1CC2CCC(C1)N2C(=O)C(F)(F)F.N/C(=N\O)c1cccc2c1Oc1ccccc1C2=C1CC2CCC(C1)N2.N/C(=N\O)c1cccc2c1Oc1ccccc1C2=C1CC2CCC(C1)N2C(=O)C(F)(F)F.N/C(=N\O)c1cccc2c1Oc1ccccc1C2=C1CC2CCC(C1)N2Cc1ccco1.O=CO[O-].O=Cc1ccco1.[H-].[K+].[K+]. The number of carbonyl (C=O) groups excluding carboxylic acids is 4. The van der Waals surface area contributed by atoms with Crippen molar-refractivity contribution >= 4 is 64.4 Å². The molecule has 14 heterocycles. The second-order valence-electron chi connectivity index (χ2n) is 33.8. The van der Waals surface area contributed by atoms with Crippen LogP contribution in [0.4, 0.5) is 26.3 Å². The summed E-state index contributed by atoms with van der Waals surface area (Å²) in [5.74, 6) is 3.02. The fraction of sp³-hybridized carbons (Fsp3) is 0.294. The van der Waals surface area contributed by atoms with Gasteiger partial charge in [0.05, 0.1) is 41.3 Å². The van der Waals surface area contributed by atoms with Gasteiger partial charge in [-0.15, -0.1) is 0 Å². The smallest absolute Gasteiger partial charge is 1.00 e. The van der Waals surface area contributed by atoms with E-state index in [1.54, 1.807) is 55.7 Å². The Morgan fingerprint density at radius 3 is 1.07 bits per heavy atom. The van der Waals surface area contributed by atoms with E-state index in [1.165, 1.54) is 54.2 Å². The molecule has 8 bridgehead atoms. The molecule has 0 saturated carbocycles. The van der Waals surface area contributed by atoms with Crippen molar-refractivity contribution in [3.8, 4) is 52.1 Å². The number of halogens is 6. The third kappa shape index (κ3) is 22.0. The summed E-state index contributed by atoms with van der Waals surface area (Å²) in [6, 6.07) is 63.3. The third-order valence-corrected chi connectivity index (χ3v) is 26.1. The second kappa shape index (κ2) is 46.5. The molecule has 36 heteroatoms. The van der Waals surface area contributed by atoms with Crippen molar-refractivity contribution in [1.82, 2.24) is 20.0 Å². The average molecular weight is 1940 g/mol. The minimum Gasteiger partial charge on any atom is -1.00 e. The number of nitrogens with two attached hydrogens (primary N) is 3. The van der Waals surface area contributed by atoms with Crippen LogP contribution >= 0.6 is 0 Å². The number of benzene rings is 8. The molecule has 12 aliphatic heterocycles. The molecule has 708 valence electrons. The minimum absolute atomic E-state index is 0. The van der Waals surface area contributed by atoms with Gasteiger partial charge in [0.1, 0.15) is 52.1 Å². The Labute approximate surface area is 877 Å². The molecule has 2 amide bonds. The predicted octanol–water partition coefficient (Wildman–Crippen LogP) is 11.6. The molecule has 0 spiro atoms. The molecular formula is C102H99F6K2N11O17. The summed E-state index contributed by atoms with van der Waals surface area (Å²) in [5.41, 5.74) is 36.6. The van der Waals surface area contributed by atoms with Crippen LogP contribution in [0, 0.1) is 11.3 Å². The van der Waals surface area contributed by atoms with Crippen molar-refractivity contribution in [1.29, 1.82) is 5.26 Å². The summed E-state index contributed by atoms with van der Waals surface area (Å²) >= 11 is 0. The molecule has 0 radical (unpaired) electrons. The van der Waals surface area contributed by atoms with Crippen molar-refractivity contribution in [3.63, 3.8) is 0 Å². The molecular weight excluding hydrogens is 1840 g/mol. The number of aliphatic hydroxyl groups is 2. The molecule has 8 aromatic carbocycles. The number of nitrogens with zero attached hydrogens (tertiary/aromatic N) is 7. The summed E-state index contributed by atoms with van der Waals surface area (Å²) in [5, 5.41) is 73.4. The molecule has 0 aliphatic carbocycles. The van der Waals surface area contributed by atoms with Gasteiger partial charge in [0.2, 0.25) is 0 Å². The number of aldehydes is 1. The van der Waals surface area contributed by atoms with Crippen molar-refractivity contribution in [2.75, 3.05) is 13.7 Å². The van der Waals surface area contributed by atoms with Crippen LogP contribution in [0.15, 0.2) is 253 Å². The molecule has 28 nitrogen and oxygen atoms in total. The van der Waals surface area contributed by atoms with Crippen LogP contribution in [0.2, 0.25) is 0 Å². The summed E-state index contributed by atoms with van der Waals surface area (Å²) in [4.78, 5) is 49.7. The van der Waals surface area contributed by atoms with Gasteiger partial charge in [-0.3, -0.25) is 24.1 Å². The number of hydrogen-bond donors (Lipinski definition) is 9. The van der Waals surface area contributed by atoms with Gasteiger partial charge in [-0.25, -0.2) is 0 Å². The molecule has 138 heavy (non-hydrogen) atoms. The molecule has 10 aromatic rings. The zero-order valence-corrected chi connectivity index (χ0v) is 82.1. The zero-order valence-electron chi connectivity index (χ0n) is 76.9.